The van der Waals surface area contributed by atoms with E-state index in [1.54, 1.807) is 0 Å². The number of aliphatic imine (C=N–C) groups is 1. The third kappa shape index (κ3) is 3.27. The lowest BCUT2D eigenvalue weighted by Gasteiger charge is -2.39. The Morgan fingerprint density at radius 3 is 2.82 bits per heavy atom. The number of benzene rings is 1. The van der Waals surface area contributed by atoms with Crippen LogP contribution in [-0.2, 0) is 0 Å². The number of rotatable bonds is 2. The molecule has 144 valence electrons. The number of thiophene rings is 1. The van der Waals surface area contributed by atoms with Gasteiger partial charge in [-0.2, -0.15) is 0 Å². The number of nitrogens with zero attached hydrogens (tertiary/aromatic N) is 4. The highest BCUT2D eigenvalue weighted by Crippen LogP contribution is 2.35. The first-order valence-electron chi connectivity index (χ1n) is 9.89. The second kappa shape index (κ2) is 7.18. The summed E-state index contributed by atoms with van der Waals surface area (Å²) >= 11 is 1.83. The van der Waals surface area contributed by atoms with Gasteiger partial charge in [-0.3, -0.25) is 4.98 Å². The molecule has 1 fully saturated rings. The molecule has 5 rings (SSSR count). The van der Waals surface area contributed by atoms with Crippen molar-refractivity contribution in [3.8, 4) is 0 Å². The Morgan fingerprint density at radius 2 is 1.96 bits per heavy atom. The predicted octanol–water partition coefficient (Wildman–Crippen LogP) is 4.34. The molecule has 0 unspecified atom stereocenters. The topological polar surface area (TPSA) is 43.8 Å². The van der Waals surface area contributed by atoms with E-state index >= 15 is 0 Å². The van der Waals surface area contributed by atoms with Crippen molar-refractivity contribution in [3.63, 3.8) is 0 Å². The molecule has 1 aromatic carbocycles. The van der Waals surface area contributed by atoms with Crippen LogP contribution < -0.4 is 10.2 Å². The summed E-state index contributed by atoms with van der Waals surface area (Å²) in [5.74, 6) is 0.972. The van der Waals surface area contributed by atoms with Crippen molar-refractivity contribution in [2.24, 2.45) is 4.99 Å². The Morgan fingerprint density at radius 1 is 1.11 bits per heavy atom. The SMILES string of the molecule is Cc1ccc2cc(NC3=NCN(C4CCN(C)CC4)c4sccc43)ccc2n1. The van der Waals surface area contributed by atoms with E-state index in [9.17, 15) is 0 Å². The van der Waals surface area contributed by atoms with Crippen LogP contribution in [0.25, 0.3) is 10.9 Å². The number of piperidine rings is 1. The zero-order valence-corrected chi connectivity index (χ0v) is 17.2. The monoisotopic (exact) mass is 391 g/mol. The molecule has 2 aliphatic heterocycles. The summed E-state index contributed by atoms with van der Waals surface area (Å²) < 4.78 is 0. The second-order valence-electron chi connectivity index (χ2n) is 7.78. The van der Waals surface area contributed by atoms with Crippen LogP contribution in [0.3, 0.4) is 0 Å². The zero-order chi connectivity index (χ0) is 19.1. The lowest BCUT2D eigenvalue weighted by atomic mass is 10.0. The van der Waals surface area contributed by atoms with Crippen LogP contribution >= 0.6 is 11.3 Å². The molecule has 0 bridgehead atoms. The Kier molecular flexibility index (Phi) is 4.53. The van der Waals surface area contributed by atoms with E-state index < -0.39 is 0 Å². The Hall–Kier alpha value is -2.44. The number of likely N-dealkylation sites (tertiary alicyclic amines) is 1. The van der Waals surface area contributed by atoms with Crippen LogP contribution in [0.4, 0.5) is 10.7 Å². The van der Waals surface area contributed by atoms with Gasteiger partial charge in [0.15, 0.2) is 0 Å². The van der Waals surface area contributed by atoms with E-state index in [2.05, 4.69) is 68.9 Å². The first kappa shape index (κ1) is 17.6. The van der Waals surface area contributed by atoms with E-state index in [1.165, 1.54) is 36.5 Å². The van der Waals surface area contributed by atoms with Crippen molar-refractivity contribution in [1.82, 2.24) is 9.88 Å². The summed E-state index contributed by atoms with van der Waals surface area (Å²) in [6.07, 6.45) is 2.42. The maximum absolute atomic E-state index is 4.92. The lowest BCUT2D eigenvalue weighted by Crippen LogP contribution is -2.45. The van der Waals surface area contributed by atoms with Crippen molar-refractivity contribution >= 4 is 38.8 Å². The molecule has 2 aliphatic rings. The number of hydrogen-bond acceptors (Lipinski definition) is 6. The molecule has 0 atom stereocenters. The fourth-order valence-corrected chi connectivity index (χ4v) is 5.10. The number of nitrogens with one attached hydrogen (secondary N) is 1. The van der Waals surface area contributed by atoms with Crippen LogP contribution in [0.15, 0.2) is 46.8 Å². The molecular formula is C22H25N5S. The number of aryl methyl sites for hydroxylation is 1. The third-order valence-corrected chi connectivity index (χ3v) is 6.71. The minimum atomic E-state index is 0.592. The highest BCUT2D eigenvalue weighted by molar-refractivity contribution is 7.14. The van der Waals surface area contributed by atoms with Crippen LogP contribution in [0.1, 0.15) is 24.1 Å². The standard InChI is InChI=1S/C22H25N5S/c1-15-3-4-16-13-17(5-6-20(16)24-15)25-21-19-9-12-28-22(19)27(14-23-21)18-7-10-26(2)11-8-18/h3-6,9,12-13,18H,7-8,10-11,14H2,1-2H3,(H,23,25). The van der Waals surface area contributed by atoms with Crippen molar-refractivity contribution < 1.29 is 0 Å². The smallest absolute Gasteiger partial charge is 0.137 e. The number of pyridine rings is 1. The number of hydrogen-bond donors (Lipinski definition) is 1. The van der Waals surface area contributed by atoms with Gasteiger partial charge in [-0.1, -0.05) is 6.07 Å². The fraction of sp³-hybridized carbons (Fsp3) is 0.364. The molecule has 28 heavy (non-hydrogen) atoms. The summed E-state index contributed by atoms with van der Waals surface area (Å²) in [6.45, 7) is 5.09. The van der Waals surface area contributed by atoms with Gasteiger partial charge >= 0.3 is 0 Å². The van der Waals surface area contributed by atoms with Crippen molar-refractivity contribution in [3.05, 3.63) is 53.0 Å². The molecule has 1 saturated heterocycles. The largest absolute Gasteiger partial charge is 0.340 e. The van der Waals surface area contributed by atoms with Gasteiger partial charge in [-0.05, 0) is 75.6 Å². The van der Waals surface area contributed by atoms with Gasteiger partial charge in [0.2, 0.25) is 0 Å². The summed E-state index contributed by atoms with van der Waals surface area (Å²) in [5.41, 5.74) is 4.35. The average molecular weight is 392 g/mol. The van der Waals surface area contributed by atoms with E-state index in [0.717, 1.165) is 34.8 Å². The molecule has 0 amide bonds. The minimum Gasteiger partial charge on any atom is -0.340 e. The molecule has 1 N–H and O–H groups in total. The molecule has 3 aromatic rings. The van der Waals surface area contributed by atoms with Crippen LogP contribution in [0, 0.1) is 6.92 Å². The minimum absolute atomic E-state index is 0.592. The van der Waals surface area contributed by atoms with E-state index in [-0.39, 0.29) is 0 Å². The normalized spacial score (nSPS) is 18.2. The van der Waals surface area contributed by atoms with Gasteiger partial charge in [0.05, 0.1) is 11.1 Å². The molecule has 0 radical (unpaired) electrons. The Bertz CT molecular complexity index is 1030. The summed E-state index contributed by atoms with van der Waals surface area (Å²) in [4.78, 5) is 14.4. The van der Waals surface area contributed by atoms with Gasteiger partial charge in [0.1, 0.15) is 17.5 Å². The number of anilines is 2. The maximum atomic E-state index is 4.92. The number of amidine groups is 1. The van der Waals surface area contributed by atoms with Gasteiger partial charge in [-0.25, -0.2) is 4.99 Å². The van der Waals surface area contributed by atoms with Gasteiger partial charge < -0.3 is 15.1 Å². The van der Waals surface area contributed by atoms with Gasteiger partial charge in [0, 0.05) is 22.8 Å². The third-order valence-electron chi connectivity index (χ3n) is 5.76. The summed E-state index contributed by atoms with van der Waals surface area (Å²) in [6, 6.07) is 13.3. The fourth-order valence-electron chi connectivity index (χ4n) is 4.14. The Labute approximate surface area is 169 Å². The van der Waals surface area contributed by atoms with Gasteiger partial charge in [0.25, 0.3) is 0 Å². The zero-order valence-electron chi connectivity index (χ0n) is 16.4. The van der Waals surface area contributed by atoms with Crippen LogP contribution in [0.5, 0.6) is 0 Å². The molecule has 5 nitrogen and oxygen atoms in total. The van der Waals surface area contributed by atoms with E-state index in [1.807, 2.05) is 18.3 Å². The lowest BCUT2D eigenvalue weighted by molar-refractivity contribution is 0.250. The Balaban J connectivity index is 1.39. The molecule has 0 aliphatic carbocycles. The maximum Gasteiger partial charge on any atom is 0.137 e. The van der Waals surface area contributed by atoms with Crippen LogP contribution in [-0.4, -0.2) is 48.6 Å². The highest BCUT2D eigenvalue weighted by atomic mass is 32.1. The number of fused-ring (bicyclic) bond motifs is 2. The van der Waals surface area contributed by atoms with E-state index in [4.69, 9.17) is 4.99 Å². The first-order chi connectivity index (χ1) is 13.7. The first-order valence-corrected chi connectivity index (χ1v) is 10.8. The molecule has 0 spiro atoms. The quantitative estimate of drug-likeness (QED) is 0.706. The summed E-state index contributed by atoms with van der Waals surface area (Å²) in [7, 11) is 2.21. The molecule has 6 heteroatoms. The summed E-state index contributed by atoms with van der Waals surface area (Å²) in [5, 5.41) is 8.23. The number of aromatic nitrogens is 1. The molecular weight excluding hydrogens is 366 g/mol. The van der Waals surface area contributed by atoms with Crippen molar-refractivity contribution in [2.45, 2.75) is 25.8 Å². The van der Waals surface area contributed by atoms with Crippen molar-refractivity contribution in [1.29, 1.82) is 0 Å². The van der Waals surface area contributed by atoms with Gasteiger partial charge in [-0.15, -0.1) is 11.3 Å². The average Bonchev–Trinajstić information content (AvgIpc) is 3.20. The van der Waals surface area contributed by atoms with Crippen LogP contribution in [0.2, 0.25) is 0 Å². The molecule has 4 heterocycles. The van der Waals surface area contributed by atoms with E-state index in [0.29, 0.717) is 6.04 Å². The highest BCUT2D eigenvalue weighted by Gasteiger charge is 2.29. The second-order valence-corrected chi connectivity index (χ2v) is 8.67. The predicted molar refractivity (Wildman–Crippen MR) is 119 cm³/mol. The molecule has 0 saturated carbocycles. The van der Waals surface area contributed by atoms with Crippen molar-refractivity contribution in [2.75, 3.05) is 37.0 Å². The molecule has 2 aromatic heterocycles.